The van der Waals surface area contributed by atoms with Crippen molar-refractivity contribution < 1.29 is 5.11 Å². The van der Waals surface area contributed by atoms with Crippen molar-refractivity contribution in [2.24, 2.45) is 5.73 Å². The monoisotopic (exact) mass is 189 g/mol. The summed E-state index contributed by atoms with van der Waals surface area (Å²) in [6, 6.07) is 8.22. The van der Waals surface area contributed by atoms with E-state index < -0.39 is 0 Å². The van der Waals surface area contributed by atoms with Crippen molar-refractivity contribution in [3.63, 3.8) is 0 Å². The molecule has 14 heavy (non-hydrogen) atoms. The van der Waals surface area contributed by atoms with E-state index in [4.69, 9.17) is 10.8 Å². The Bertz CT molecular complexity index is 336. The molecule has 0 heterocycles. The maximum atomic E-state index is 8.36. The first kappa shape index (κ1) is 10.6. The smallest absolute Gasteiger partial charge is 0.107 e. The molecule has 0 spiro atoms. The predicted molar refractivity (Wildman–Crippen MR) is 57.2 cm³/mol. The Labute approximate surface area is 84.8 Å². The van der Waals surface area contributed by atoms with Crippen LogP contribution < -0.4 is 5.73 Å². The molecule has 0 saturated heterocycles. The van der Waals surface area contributed by atoms with Gasteiger partial charge in [0.25, 0.3) is 0 Å². The molecule has 0 aromatic heterocycles. The Morgan fingerprint density at radius 2 is 2.07 bits per heavy atom. The number of rotatable bonds is 4. The van der Waals surface area contributed by atoms with Gasteiger partial charge in [-0.15, -0.1) is 0 Å². The number of nitrogens with two attached hydrogens (primary N) is 1. The summed E-state index contributed by atoms with van der Waals surface area (Å²) >= 11 is 0. The Morgan fingerprint density at radius 3 is 2.79 bits per heavy atom. The summed E-state index contributed by atoms with van der Waals surface area (Å²) in [7, 11) is 0. The topological polar surface area (TPSA) is 46.2 Å². The molecule has 0 atom stereocenters. The molecule has 0 radical (unpaired) electrons. The van der Waals surface area contributed by atoms with Crippen LogP contribution in [0.4, 0.5) is 0 Å². The lowest BCUT2D eigenvalue weighted by atomic mass is 10.0. The lowest BCUT2D eigenvalue weighted by Gasteiger charge is -2.01. The van der Waals surface area contributed by atoms with Gasteiger partial charge in [0.2, 0.25) is 0 Å². The largest absolute Gasteiger partial charge is 0.462 e. The Hall–Kier alpha value is -1.46. The van der Waals surface area contributed by atoms with Gasteiger partial charge in [0.15, 0.2) is 0 Å². The quantitative estimate of drug-likeness (QED) is 0.704. The van der Waals surface area contributed by atoms with Crippen LogP contribution in [0.3, 0.4) is 0 Å². The van der Waals surface area contributed by atoms with Gasteiger partial charge in [-0.05, 0) is 30.5 Å². The Morgan fingerprint density at radius 1 is 1.29 bits per heavy atom. The summed E-state index contributed by atoms with van der Waals surface area (Å²) in [5, 5.41) is 8.36. The lowest BCUT2D eigenvalue weighted by molar-refractivity contribution is 0.516. The molecule has 0 bridgehead atoms. The minimum absolute atomic E-state index is 0.604. The van der Waals surface area contributed by atoms with Crippen LogP contribution >= 0.6 is 0 Å². The molecule has 2 nitrogen and oxygen atoms in total. The van der Waals surface area contributed by atoms with Crippen molar-refractivity contribution in [1.82, 2.24) is 0 Å². The van der Waals surface area contributed by atoms with Crippen LogP contribution in [-0.2, 0) is 12.8 Å². The van der Waals surface area contributed by atoms with Crippen LogP contribution in [0.25, 0.3) is 0 Å². The second-order valence-corrected chi connectivity index (χ2v) is 3.18. The summed E-state index contributed by atoms with van der Waals surface area (Å²) in [6.07, 6.45) is 4.53. The van der Waals surface area contributed by atoms with Crippen molar-refractivity contribution in [2.45, 2.75) is 19.3 Å². The zero-order valence-electron chi connectivity index (χ0n) is 8.16. The molecule has 0 saturated carbocycles. The van der Waals surface area contributed by atoms with Gasteiger partial charge in [-0.3, -0.25) is 0 Å². The molecule has 0 amide bonds. The van der Waals surface area contributed by atoms with E-state index in [1.54, 1.807) is 0 Å². The summed E-state index contributed by atoms with van der Waals surface area (Å²) in [4.78, 5) is 0. The van der Waals surface area contributed by atoms with Crippen LogP contribution in [0.2, 0.25) is 0 Å². The zero-order chi connectivity index (χ0) is 10.2. The van der Waals surface area contributed by atoms with E-state index in [0.29, 0.717) is 6.42 Å². The zero-order valence-corrected chi connectivity index (χ0v) is 8.16. The van der Waals surface area contributed by atoms with E-state index in [1.165, 1.54) is 5.56 Å². The molecule has 0 aliphatic carbocycles. The van der Waals surface area contributed by atoms with Crippen LogP contribution in [0.5, 0.6) is 0 Å². The maximum absolute atomic E-state index is 8.36. The molecule has 1 aromatic carbocycles. The average Bonchev–Trinajstić information content (AvgIpc) is 2.24. The van der Waals surface area contributed by atoms with Crippen molar-refractivity contribution >= 4 is 0 Å². The van der Waals surface area contributed by atoms with Crippen LogP contribution in [0.1, 0.15) is 17.5 Å². The van der Waals surface area contributed by atoms with Gasteiger partial charge in [-0.1, -0.05) is 30.2 Å². The maximum Gasteiger partial charge on any atom is 0.107 e. The van der Waals surface area contributed by atoms with Crippen molar-refractivity contribution in [3.8, 4) is 12.0 Å². The van der Waals surface area contributed by atoms with Crippen molar-refractivity contribution in [2.75, 3.05) is 6.54 Å². The minimum Gasteiger partial charge on any atom is -0.462 e. The van der Waals surface area contributed by atoms with Crippen molar-refractivity contribution in [1.29, 1.82) is 0 Å². The molecular formula is C12H15NO. The highest BCUT2D eigenvalue weighted by Crippen LogP contribution is 2.07. The molecule has 3 N–H and O–H groups in total. The minimum atomic E-state index is 0.604. The van der Waals surface area contributed by atoms with Gasteiger partial charge < -0.3 is 10.8 Å². The fourth-order valence-electron chi connectivity index (χ4n) is 1.34. The average molecular weight is 189 g/mol. The van der Waals surface area contributed by atoms with E-state index >= 15 is 0 Å². The van der Waals surface area contributed by atoms with Gasteiger partial charge >= 0.3 is 0 Å². The second kappa shape index (κ2) is 6.06. The fourth-order valence-corrected chi connectivity index (χ4v) is 1.34. The molecule has 2 heteroatoms. The van der Waals surface area contributed by atoms with Crippen LogP contribution in [-0.4, -0.2) is 11.7 Å². The number of benzene rings is 1. The summed E-state index contributed by atoms with van der Waals surface area (Å²) in [5.74, 6) is 2.63. The molecule has 0 aliphatic rings. The normalized spacial score (nSPS) is 9.21. The van der Waals surface area contributed by atoms with E-state index in [9.17, 15) is 0 Å². The highest BCUT2D eigenvalue weighted by Gasteiger charge is 1.94. The third-order valence-electron chi connectivity index (χ3n) is 2.03. The number of hydrogen-bond acceptors (Lipinski definition) is 2. The third kappa shape index (κ3) is 3.51. The molecule has 0 unspecified atom stereocenters. The molecule has 1 rings (SSSR count). The van der Waals surface area contributed by atoms with Crippen LogP contribution in [0, 0.1) is 12.0 Å². The Kier molecular flexibility index (Phi) is 4.60. The van der Waals surface area contributed by atoms with Gasteiger partial charge in [0.1, 0.15) is 6.11 Å². The van der Waals surface area contributed by atoms with Gasteiger partial charge in [-0.25, -0.2) is 0 Å². The highest BCUT2D eigenvalue weighted by atomic mass is 16.2. The lowest BCUT2D eigenvalue weighted by Crippen LogP contribution is -2.00. The number of aliphatic hydroxyl groups excluding tert-OH is 1. The molecule has 1 aromatic rings. The van der Waals surface area contributed by atoms with Gasteiger partial charge in [0, 0.05) is 6.42 Å². The Balaban J connectivity index is 2.62. The second-order valence-electron chi connectivity index (χ2n) is 3.18. The van der Waals surface area contributed by atoms with E-state index in [2.05, 4.69) is 18.1 Å². The van der Waals surface area contributed by atoms with E-state index in [1.807, 2.05) is 18.2 Å². The molecular weight excluding hydrogens is 174 g/mol. The van der Waals surface area contributed by atoms with E-state index in [-0.39, 0.29) is 0 Å². The summed E-state index contributed by atoms with van der Waals surface area (Å²) in [5.41, 5.74) is 7.86. The molecule has 74 valence electrons. The van der Waals surface area contributed by atoms with E-state index in [0.717, 1.165) is 24.9 Å². The third-order valence-corrected chi connectivity index (χ3v) is 2.03. The van der Waals surface area contributed by atoms with Crippen LogP contribution in [0.15, 0.2) is 24.3 Å². The molecule has 0 fully saturated rings. The number of hydrogen-bond donors (Lipinski definition) is 2. The first-order chi connectivity index (χ1) is 6.86. The predicted octanol–water partition coefficient (Wildman–Crippen LogP) is 1.45. The number of aliphatic hydroxyl groups is 1. The summed E-state index contributed by atoms with van der Waals surface area (Å²) < 4.78 is 0. The van der Waals surface area contributed by atoms with Crippen molar-refractivity contribution in [3.05, 3.63) is 35.4 Å². The summed E-state index contributed by atoms with van der Waals surface area (Å²) in [6.45, 7) is 0.723. The fraction of sp³-hybridized carbons (Fsp3) is 0.333. The van der Waals surface area contributed by atoms with Gasteiger partial charge in [-0.2, -0.15) is 0 Å². The first-order valence-corrected chi connectivity index (χ1v) is 4.76. The SMILES string of the molecule is NCCCc1cccc(CC#CO)c1. The number of aryl methyl sites for hydroxylation is 1. The van der Waals surface area contributed by atoms with Gasteiger partial charge in [0.05, 0.1) is 0 Å². The molecule has 0 aliphatic heterocycles. The first-order valence-electron chi connectivity index (χ1n) is 4.76. The highest BCUT2D eigenvalue weighted by molar-refractivity contribution is 5.26. The standard InChI is InChI=1S/C12H15NO/c13-8-2-6-11-4-1-5-12(10-11)7-3-9-14/h1,4-5,10,14H,2,6-8,13H2.